The molecule has 354 valence electrons. The van der Waals surface area contributed by atoms with E-state index in [4.69, 9.17) is 0 Å². The molecule has 1 aliphatic heterocycles. The highest BCUT2D eigenvalue weighted by Gasteiger charge is 2.51. The van der Waals surface area contributed by atoms with Crippen LogP contribution in [0.3, 0.4) is 0 Å². The molecule has 0 saturated heterocycles. The Labute approximate surface area is 441 Å². The molecule has 3 nitrogen and oxygen atoms in total. The molecule has 3 heterocycles. The second-order valence-electron chi connectivity index (χ2n) is 20.3. The molecule has 14 aromatic rings. The van der Waals surface area contributed by atoms with Crippen molar-refractivity contribution in [3.8, 4) is 55.9 Å². The molecule has 0 N–H and O–H groups in total. The average Bonchev–Trinajstić information content (AvgIpc) is 4.16. The van der Waals surface area contributed by atoms with Crippen molar-refractivity contribution >= 4 is 60.7 Å². The van der Waals surface area contributed by atoms with Crippen LogP contribution in [0.25, 0.3) is 99.5 Å². The maximum Gasteiger partial charge on any atom is 0.0755 e. The first kappa shape index (κ1) is 42.5. The number of para-hydroxylation sites is 5. The van der Waals surface area contributed by atoms with Crippen molar-refractivity contribution in [2.45, 2.75) is 5.41 Å². The molecule has 2 aliphatic rings. The van der Waals surface area contributed by atoms with Gasteiger partial charge in [0.15, 0.2) is 0 Å². The fourth-order valence-corrected chi connectivity index (χ4v) is 13.4. The molecule has 0 saturated carbocycles. The van der Waals surface area contributed by atoms with Gasteiger partial charge in [-0.3, -0.25) is 0 Å². The van der Waals surface area contributed by atoms with Gasteiger partial charge >= 0.3 is 0 Å². The third kappa shape index (κ3) is 5.99. The van der Waals surface area contributed by atoms with Gasteiger partial charge in [-0.25, -0.2) is 0 Å². The van der Waals surface area contributed by atoms with Gasteiger partial charge < -0.3 is 14.0 Å². The molecule has 0 amide bonds. The zero-order valence-corrected chi connectivity index (χ0v) is 41.5. The van der Waals surface area contributed by atoms with Gasteiger partial charge in [0, 0.05) is 44.2 Å². The second-order valence-corrected chi connectivity index (χ2v) is 20.3. The molecule has 0 unspecified atom stereocenters. The van der Waals surface area contributed by atoms with Crippen LogP contribution in [0.1, 0.15) is 22.3 Å². The summed E-state index contributed by atoms with van der Waals surface area (Å²) in [7, 11) is 0. The second kappa shape index (κ2) is 16.5. The molecule has 16 rings (SSSR count). The molecule has 2 aromatic heterocycles. The minimum absolute atomic E-state index is 0.594. The largest absolute Gasteiger partial charge is 0.310 e. The Morgan fingerprint density at radius 3 is 1.39 bits per heavy atom. The minimum atomic E-state index is -0.594. The Morgan fingerprint density at radius 2 is 0.750 bits per heavy atom. The van der Waals surface area contributed by atoms with Gasteiger partial charge in [0.05, 0.1) is 38.9 Å². The van der Waals surface area contributed by atoms with Gasteiger partial charge in [-0.15, -0.1) is 0 Å². The molecule has 1 aliphatic carbocycles. The first-order chi connectivity index (χ1) is 37.7. The van der Waals surface area contributed by atoms with E-state index in [1.54, 1.807) is 0 Å². The number of nitrogens with zero attached hydrogens (tertiary/aromatic N) is 3. The molecule has 1 spiro atoms. The van der Waals surface area contributed by atoms with Crippen LogP contribution in [-0.4, -0.2) is 9.13 Å². The van der Waals surface area contributed by atoms with E-state index in [0.717, 1.165) is 39.4 Å². The minimum Gasteiger partial charge on any atom is -0.310 e. The molecule has 12 aromatic carbocycles. The number of hydrogen-bond acceptors (Lipinski definition) is 1. The topological polar surface area (TPSA) is 13.1 Å². The highest BCUT2D eigenvalue weighted by Crippen LogP contribution is 2.62. The van der Waals surface area contributed by atoms with E-state index in [1.165, 1.54) is 99.4 Å². The molecule has 0 atom stereocenters. The van der Waals surface area contributed by atoms with Crippen molar-refractivity contribution in [3.63, 3.8) is 0 Å². The summed E-state index contributed by atoms with van der Waals surface area (Å²) in [4.78, 5) is 2.52. The van der Waals surface area contributed by atoms with Gasteiger partial charge in [0.2, 0.25) is 0 Å². The van der Waals surface area contributed by atoms with Crippen LogP contribution >= 0.6 is 0 Å². The van der Waals surface area contributed by atoms with Crippen LogP contribution in [-0.2, 0) is 5.41 Å². The van der Waals surface area contributed by atoms with Gasteiger partial charge in [-0.05, 0) is 128 Å². The van der Waals surface area contributed by atoms with E-state index in [0.29, 0.717) is 0 Å². The smallest absolute Gasteiger partial charge is 0.0755 e. The van der Waals surface area contributed by atoms with Gasteiger partial charge in [0.25, 0.3) is 0 Å². The van der Waals surface area contributed by atoms with Crippen LogP contribution in [0, 0.1) is 0 Å². The maximum atomic E-state index is 2.55. The SMILES string of the molecule is c1ccc(-c2ccccc2-c2ccccc2N(c2ccc(-c3ccc(-n4c5ccccc5c5ccccc54)cc3)cc2)c2cc3c4c(c2)c2ccccc2n4-c2ccccc2C32c3ccccc3-c3ccccc32)cc1. The molecule has 3 heteroatoms. The van der Waals surface area contributed by atoms with E-state index in [1.807, 2.05) is 0 Å². The van der Waals surface area contributed by atoms with E-state index in [2.05, 4.69) is 299 Å². The van der Waals surface area contributed by atoms with Gasteiger partial charge in [-0.2, -0.15) is 0 Å². The first-order valence-corrected chi connectivity index (χ1v) is 26.3. The van der Waals surface area contributed by atoms with Gasteiger partial charge in [0.1, 0.15) is 0 Å². The van der Waals surface area contributed by atoms with Crippen molar-refractivity contribution < 1.29 is 0 Å². The fourth-order valence-electron chi connectivity index (χ4n) is 13.4. The van der Waals surface area contributed by atoms with E-state index < -0.39 is 5.41 Å². The highest BCUT2D eigenvalue weighted by molar-refractivity contribution is 6.15. The van der Waals surface area contributed by atoms with Crippen LogP contribution in [0.15, 0.2) is 285 Å². The Bertz CT molecular complexity index is 4530. The number of benzene rings is 12. The van der Waals surface area contributed by atoms with Crippen molar-refractivity contribution in [3.05, 3.63) is 307 Å². The van der Waals surface area contributed by atoms with E-state index in [9.17, 15) is 0 Å². The van der Waals surface area contributed by atoms with Crippen molar-refractivity contribution in [1.29, 1.82) is 0 Å². The Kier molecular flexibility index (Phi) is 9.25. The third-order valence-electron chi connectivity index (χ3n) is 16.5. The van der Waals surface area contributed by atoms with Crippen LogP contribution in [0.2, 0.25) is 0 Å². The monoisotopic (exact) mass is 965 g/mol. The quantitative estimate of drug-likeness (QED) is 0.155. The molecular weight excluding hydrogens is 919 g/mol. The lowest BCUT2D eigenvalue weighted by Crippen LogP contribution is -2.33. The number of fused-ring (bicyclic) bond motifs is 15. The number of aromatic nitrogens is 2. The summed E-state index contributed by atoms with van der Waals surface area (Å²) in [5, 5.41) is 4.99. The standard InChI is InChI=1S/C73H47N3/c1-2-20-50(21-3-1)54-22-4-5-23-55(54)58-26-8-15-33-67(58)74(51-42-38-48(39-43-51)49-40-44-52(45-41-49)75-68-34-16-9-27-59(68)60-28-10-17-35-69(60)75)53-46-62-61-29-11-18-36-70(61)76-71-37-19-14-32-65(71)73(66(47-53)72(62)76)63-30-12-6-24-56(63)57-25-7-13-31-64(57)73/h1-47H. The Morgan fingerprint density at radius 1 is 0.276 bits per heavy atom. The molecular formula is C73H47N3. The van der Waals surface area contributed by atoms with Crippen molar-refractivity contribution in [2.24, 2.45) is 0 Å². The summed E-state index contributed by atoms with van der Waals surface area (Å²) >= 11 is 0. The lowest BCUT2D eigenvalue weighted by Gasteiger charge is -2.40. The molecule has 0 bridgehead atoms. The average molecular weight is 966 g/mol. The molecule has 76 heavy (non-hydrogen) atoms. The normalized spacial score (nSPS) is 12.8. The summed E-state index contributed by atoms with van der Waals surface area (Å²) in [6, 6.07) is 106. The predicted molar refractivity (Wildman–Crippen MR) is 317 cm³/mol. The third-order valence-corrected chi connectivity index (χ3v) is 16.5. The summed E-state index contributed by atoms with van der Waals surface area (Å²) < 4.78 is 4.93. The Hall–Kier alpha value is -9.96. The van der Waals surface area contributed by atoms with Crippen LogP contribution in [0.5, 0.6) is 0 Å². The number of hydrogen-bond donors (Lipinski definition) is 0. The number of rotatable bonds is 7. The zero-order chi connectivity index (χ0) is 49.9. The summed E-state index contributed by atoms with van der Waals surface area (Å²) in [5.74, 6) is 0. The van der Waals surface area contributed by atoms with E-state index >= 15 is 0 Å². The first-order valence-electron chi connectivity index (χ1n) is 26.3. The van der Waals surface area contributed by atoms with Crippen LogP contribution in [0.4, 0.5) is 17.1 Å². The van der Waals surface area contributed by atoms with Crippen molar-refractivity contribution in [1.82, 2.24) is 9.13 Å². The lowest BCUT2D eigenvalue weighted by molar-refractivity contribution is 0.748. The lowest BCUT2D eigenvalue weighted by atomic mass is 9.65. The molecule has 0 fully saturated rings. The summed E-state index contributed by atoms with van der Waals surface area (Å²) in [5.41, 5.74) is 24.7. The fraction of sp³-hybridized carbons (Fsp3) is 0.0137. The Balaban J connectivity index is 0.936. The van der Waals surface area contributed by atoms with E-state index in [-0.39, 0.29) is 0 Å². The predicted octanol–water partition coefficient (Wildman–Crippen LogP) is 19.0. The van der Waals surface area contributed by atoms with Crippen molar-refractivity contribution in [2.75, 3.05) is 4.90 Å². The van der Waals surface area contributed by atoms with Gasteiger partial charge in [-0.1, -0.05) is 218 Å². The highest BCUT2D eigenvalue weighted by atomic mass is 15.1. The molecule has 0 radical (unpaired) electrons. The van der Waals surface area contributed by atoms with Crippen LogP contribution < -0.4 is 4.90 Å². The maximum absolute atomic E-state index is 2.55. The number of anilines is 3. The zero-order valence-electron chi connectivity index (χ0n) is 41.5. The summed E-state index contributed by atoms with van der Waals surface area (Å²) in [6.45, 7) is 0. The summed E-state index contributed by atoms with van der Waals surface area (Å²) in [6.07, 6.45) is 0.